The highest BCUT2D eigenvalue weighted by Gasteiger charge is 2.61. The Labute approximate surface area is 440 Å². The molecule has 8 fully saturated rings. The van der Waals surface area contributed by atoms with Crippen LogP contribution >= 0.6 is 0 Å². The molecule has 13 unspecified atom stereocenters. The highest BCUT2D eigenvalue weighted by Crippen LogP contribution is 2.68. The Balaban J connectivity index is 0.918. The average molecular weight is 1080 g/mol. The predicted molar refractivity (Wildman–Crippen MR) is 260 cm³/mol. The van der Waals surface area contributed by atoms with Gasteiger partial charge in [0, 0.05) is 13.0 Å². The summed E-state index contributed by atoms with van der Waals surface area (Å²) in [5.41, 5.74) is 0.608. The first-order chi connectivity index (χ1) is 35.7. The Morgan fingerprint density at radius 3 is 1.55 bits per heavy atom. The second-order valence-electron chi connectivity index (χ2n) is 24.2. The lowest BCUT2D eigenvalue weighted by Crippen LogP contribution is -2.64. The van der Waals surface area contributed by atoms with Crippen molar-refractivity contribution in [3.05, 3.63) is 0 Å². The van der Waals surface area contributed by atoms with E-state index in [9.17, 15) is 66.4 Å². The summed E-state index contributed by atoms with van der Waals surface area (Å²) >= 11 is 0. The van der Waals surface area contributed by atoms with Gasteiger partial charge in [-0.2, -0.15) is 0 Å². The van der Waals surface area contributed by atoms with Crippen LogP contribution < -0.4 is 0 Å². The van der Waals surface area contributed by atoms with Crippen molar-refractivity contribution in [1.29, 1.82) is 0 Å². The molecule has 4 saturated carbocycles. The maximum absolute atomic E-state index is 11.4. The normalized spacial score (nSPS) is 51.1. The van der Waals surface area contributed by atoms with Crippen molar-refractivity contribution in [2.24, 2.45) is 52.3 Å². The maximum atomic E-state index is 11.4. The highest BCUT2D eigenvalue weighted by atomic mass is 16.8. The molecule has 4 aliphatic heterocycles. The van der Waals surface area contributed by atoms with E-state index in [4.69, 9.17) is 42.6 Å². The van der Waals surface area contributed by atoms with E-state index in [-0.39, 0.29) is 25.0 Å². The molecule has 0 amide bonds. The van der Waals surface area contributed by atoms with E-state index in [1.807, 2.05) is 7.11 Å². The number of aliphatic hydroxyl groups is 13. The SMILES string of the molecule is CCC1OC(OC2C(CO)O[C@@H](OCC(CCCC(C)C3CC[C@H]4[C@@H]5CC[C@@H]6C[C@H](OC)CC[C@]6(C)[C@H]5CC[C@]34C)CO[C@@H]3OC(CO)[C@@H](O[C@H]4OC(CO)[C@@H](O)[C@H](O)C4O)[C@H](O)C3O)C(O)[C@H]2O)C(O)[C@@H](O)[C@@H]1O. The van der Waals surface area contributed by atoms with Crippen LogP contribution in [0.15, 0.2) is 0 Å². The van der Waals surface area contributed by atoms with Gasteiger partial charge in [-0.15, -0.1) is 0 Å². The van der Waals surface area contributed by atoms with Gasteiger partial charge in [-0.1, -0.05) is 40.5 Å². The molecule has 22 heteroatoms. The van der Waals surface area contributed by atoms with E-state index in [1.165, 1.54) is 51.4 Å². The van der Waals surface area contributed by atoms with E-state index >= 15 is 0 Å². The van der Waals surface area contributed by atoms with Crippen molar-refractivity contribution in [1.82, 2.24) is 0 Å². The van der Waals surface area contributed by atoms with Crippen molar-refractivity contribution in [3.8, 4) is 0 Å². The molecular weight excluding hydrogens is 989 g/mol. The molecule has 4 heterocycles. The van der Waals surface area contributed by atoms with E-state index in [0.29, 0.717) is 35.7 Å². The molecule has 0 aromatic heterocycles. The molecule has 0 aromatic rings. The zero-order valence-electron chi connectivity index (χ0n) is 44.4. The summed E-state index contributed by atoms with van der Waals surface area (Å²) in [6.45, 7) is 6.70. The van der Waals surface area contributed by atoms with Gasteiger partial charge in [0.1, 0.15) is 91.6 Å². The van der Waals surface area contributed by atoms with Crippen LogP contribution in [0.3, 0.4) is 0 Å². The number of fused-ring (bicyclic) bond motifs is 5. The fourth-order valence-electron chi connectivity index (χ4n) is 15.6. The first-order valence-electron chi connectivity index (χ1n) is 28.1. The molecule has 8 rings (SSSR count). The van der Waals surface area contributed by atoms with Gasteiger partial charge in [0.15, 0.2) is 25.2 Å². The first kappa shape index (κ1) is 60.2. The van der Waals surface area contributed by atoms with Crippen LogP contribution in [0.1, 0.15) is 111 Å². The lowest BCUT2D eigenvalue weighted by atomic mass is 9.44. The average Bonchev–Trinajstić information content (AvgIpc) is 3.79. The summed E-state index contributed by atoms with van der Waals surface area (Å²) in [7, 11) is 1.85. The van der Waals surface area contributed by atoms with Gasteiger partial charge in [-0.3, -0.25) is 0 Å². The molecule has 0 aromatic carbocycles. The third kappa shape index (κ3) is 12.1. The van der Waals surface area contributed by atoms with Crippen LogP contribution in [-0.4, -0.2) is 235 Å². The number of ether oxygens (including phenoxy) is 9. The van der Waals surface area contributed by atoms with Gasteiger partial charge in [-0.05, 0) is 117 Å². The van der Waals surface area contributed by atoms with Gasteiger partial charge < -0.3 is 109 Å². The van der Waals surface area contributed by atoms with E-state index in [0.717, 1.165) is 37.0 Å². The summed E-state index contributed by atoms with van der Waals surface area (Å²) < 4.78 is 52.7. The number of rotatable bonds is 20. The summed E-state index contributed by atoms with van der Waals surface area (Å²) in [6.07, 6.45) is -17.5. The van der Waals surface area contributed by atoms with Crippen molar-refractivity contribution in [3.63, 3.8) is 0 Å². The second-order valence-corrected chi connectivity index (χ2v) is 24.2. The van der Waals surface area contributed by atoms with Crippen molar-refractivity contribution >= 4 is 0 Å². The Bertz CT molecular complexity index is 1690. The molecule has 0 bridgehead atoms. The van der Waals surface area contributed by atoms with Crippen LogP contribution in [0, 0.1) is 52.3 Å². The maximum Gasteiger partial charge on any atom is 0.187 e. The smallest absolute Gasteiger partial charge is 0.187 e. The summed E-state index contributed by atoms with van der Waals surface area (Å²) in [5, 5.41) is 139. The predicted octanol–water partition coefficient (Wildman–Crippen LogP) is -1.22. The second kappa shape index (κ2) is 25.5. The van der Waals surface area contributed by atoms with Gasteiger partial charge in [0.2, 0.25) is 0 Å². The number of methoxy groups -OCH3 is 1. The summed E-state index contributed by atoms with van der Waals surface area (Å²) in [6, 6.07) is 0. The van der Waals surface area contributed by atoms with E-state index in [2.05, 4.69) is 20.8 Å². The Hall–Kier alpha value is -0.880. The van der Waals surface area contributed by atoms with Crippen molar-refractivity contribution < 1.29 is 109 Å². The molecule has 436 valence electrons. The van der Waals surface area contributed by atoms with Crippen molar-refractivity contribution in [2.45, 2.75) is 240 Å². The standard InChI is InChI=1S/C53H92O22/c1-6-32-36(57)38(59)42(63)50(70-32)74-46-34(20-55)72-48(44(65)40(46)61)68-22-25(23-69-49-45(66)41(62)47(35(21-56)73-49)75-51-43(64)39(60)37(58)33(19-54)71-51)9-7-8-24(2)29-12-13-30-28-11-10-26-18-27(67-5)14-16-52(26,3)31(28)15-17-53(29,30)4/h24-51,54-66H,6-23H2,1-5H3/t24?,25?,26-,27-,28+,29?,30+,31+,32?,33?,34?,35?,36-,37-,38+,39+,40-,41-,42?,43?,44?,45?,46?,47-,48-,49-,50?,51-,52+,53-/m1/s1. The van der Waals surface area contributed by atoms with Gasteiger partial charge in [-0.25, -0.2) is 0 Å². The highest BCUT2D eigenvalue weighted by molar-refractivity contribution is 5.10. The number of hydrogen-bond acceptors (Lipinski definition) is 22. The lowest BCUT2D eigenvalue weighted by Gasteiger charge is -2.61. The van der Waals surface area contributed by atoms with Gasteiger partial charge in [0.05, 0.1) is 45.2 Å². The van der Waals surface area contributed by atoms with Crippen LogP contribution in [0.4, 0.5) is 0 Å². The number of hydrogen-bond donors (Lipinski definition) is 13. The van der Waals surface area contributed by atoms with Gasteiger partial charge >= 0.3 is 0 Å². The third-order valence-corrected chi connectivity index (χ3v) is 20.1. The minimum Gasteiger partial charge on any atom is -0.394 e. The minimum atomic E-state index is -1.83. The molecule has 8 aliphatic rings. The number of aliphatic hydroxyl groups excluding tert-OH is 13. The molecule has 0 spiro atoms. The Morgan fingerprint density at radius 1 is 0.520 bits per heavy atom. The van der Waals surface area contributed by atoms with Crippen molar-refractivity contribution in [2.75, 3.05) is 40.1 Å². The van der Waals surface area contributed by atoms with E-state index < -0.39 is 149 Å². The third-order valence-electron chi connectivity index (χ3n) is 20.1. The van der Waals surface area contributed by atoms with Crippen LogP contribution in [0.25, 0.3) is 0 Å². The molecule has 4 saturated heterocycles. The largest absolute Gasteiger partial charge is 0.394 e. The lowest BCUT2D eigenvalue weighted by molar-refractivity contribution is -0.362. The molecule has 22 nitrogen and oxygen atoms in total. The van der Waals surface area contributed by atoms with Crippen LogP contribution in [-0.2, 0) is 42.6 Å². The van der Waals surface area contributed by atoms with Gasteiger partial charge in [0.25, 0.3) is 0 Å². The fraction of sp³-hybridized carbons (Fsp3) is 1.00. The van der Waals surface area contributed by atoms with E-state index in [1.54, 1.807) is 6.92 Å². The monoisotopic (exact) mass is 1080 g/mol. The molecule has 75 heavy (non-hydrogen) atoms. The molecule has 0 radical (unpaired) electrons. The summed E-state index contributed by atoms with van der Waals surface area (Å²) in [4.78, 5) is 0. The Morgan fingerprint density at radius 2 is 1.01 bits per heavy atom. The van der Waals surface area contributed by atoms with Crippen LogP contribution in [0.5, 0.6) is 0 Å². The Kier molecular flexibility index (Phi) is 20.5. The fourth-order valence-corrected chi connectivity index (χ4v) is 15.6. The molecule has 30 atom stereocenters. The zero-order chi connectivity index (χ0) is 54.3. The minimum absolute atomic E-state index is 0.131. The summed E-state index contributed by atoms with van der Waals surface area (Å²) in [5.74, 6) is 3.37. The molecular formula is C53H92O22. The molecule has 4 aliphatic carbocycles. The first-order valence-corrected chi connectivity index (χ1v) is 28.1. The quantitative estimate of drug-likeness (QED) is 0.0680. The van der Waals surface area contributed by atoms with Crippen LogP contribution in [0.2, 0.25) is 0 Å². The topological polar surface area (TPSA) is 346 Å². The molecule has 13 N–H and O–H groups in total. The zero-order valence-corrected chi connectivity index (χ0v) is 44.4.